The zero-order valence-electron chi connectivity index (χ0n) is 10.9. The lowest BCUT2D eigenvalue weighted by Crippen LogP contribution is -2.49. The highest BCUT2D eigenvalue weighted by molar-refractivity contribution is 5.78. The van der Waals surface area contributed by atoms with Gasteiger partial charge in [0.15, 0.2) is 0 Å². The van der Waals surface area contributed by atoms with Crippen LogP contribution in [0.4, 0.5) is 0 Å². The van der Waals surface area contributed by atoms with E-state index in [4.69, 9.17) is 4.74 Å². The first kappa shape index (κ1) is 13.8. The Morgan fingerprint density at radius 3 is 2.72 bits per heavy atom. The minimum absolute atomic E-state index is 0.0854. The molecule has 1 saturated heterocycles. The van der Waals surface area contributed by atoms with E-state index in [9.17, 15) is 9.90 Å². The molecule has 1 heterocycles. The van der Waals surface area contributed by atoms with E-state index in [1.165, 1.54) is 6.42 Å². The number of hydrogen-bond acceptors (Lipinski definition) is 4. The van der Waals surface area contributed by atoms with Crippen LogP contribution in [0.5, 0.6) is 0 Å². The molecule has 2 aliphatic rings. The Labute approximate surface area is 108 Å². The van der Waals surface area contributed by atoms with Crippen LogP contribution in [0.25, 0.3) is 0 Å². The van der Waals surface area contributed by atoms with Crippen molar-refractivity contribution in [1.82, 2.24) is 10.2 Å². The summed E-state index contributed by atoms with van der Waals surface area (Å²) >= 11 is 0. The predicted molar refractivity (Wildman–Crippen MR) is 68.2 cm³/mol. The van der Waals surface area contributed by atoms with Crippen molar-refractivity contribution in [2.45, 2.75) is 31.7 Å². The lowest BCUT2D eigenvalue weighted by molar-refractivity contribution is -0.124. The molecule has 1 aliphatic carbocycles. The Morgan fingerprint density at radius 2 is 2.00 bits per heavy atom. The van der Waals surface area contributed by atoms with E-state index in [1.807, 2.05) is 0 Å². The van der Waals surface area contributed by atoms with Crippen LogP contribution in [-0.2, 0) is 9.53 Å². The molecule has 1 saturated carbocycles. The van der Waals surface area contributed by atoms with Gasteiger partial charge in [-0.2, -0.15) is 0 Å². The molecule has 104 valence electrons. The number of nitrogens with zero attached hydrogens (tertiary/aromatic N) is 1. The highest BCUT2D eigenvalue weighted by Crippen LogP contribution is 2.23. The SMILES string of the molecule is O=C(CN1CCOCC1)NC1CCCCC1CO. The first-order chi connectivity index (χ1) is 8.79. The number of aliphatic hydroxyl groups excluding tert-OH is 1. The number of aliphatic hydroxyl groups is 1. The second kappa shape index (κ2) is 7.07. The van der Waals surface area contributed by atoms with Crippen molar-refractivity contribution in [1.29, 1.82) is 0 Å². The summed E-state index contributed by atoms with van der Waals surface area (Å²) in [5.41, 5.74) is 0. The number of nitrogens with one attached hydrogen (secondary N) is 1. The molecule has 5 heteroatoms. The molecule has 0 aromatic heterocycles. The fraction of sp³-hybridized carbons (Fsp3) is 0.923. The normalized spacial score (nSPS) is 30.1. The van der Waals surface area contributed by atoms with Crippen molar-refractivity contribution in [3.8, 4) is 0 Å². The summed E-state index contributed by atoms with van der Waals surface area (Å²) in [6, 6.07) is 0.164. The summed E-state index contributed by atoms with van der Waals surface area (Å²) in [5.74, 6) is 0.328. The van der Waals surface area contributed by atoms with Crippen molar-refractivity contribution in [3.63, 3.8) is 0 Å². The predicted octanol–water partition coefficient (Wildman–Crippen LogP) is -0.0141. The maximum absolute atomic E-state index is 12.0. The molecular weight excluding hydrogens is 232 g/mol. The summed E-state index contributed by atoms with van der Waals surface area (Å²) in [6.07, 6.45) is 4.35. The Balaban J connectivity index is 1.75. The molecule has 0 radical (unpaired) electrons. The van der Waals surface area contributed by atoms with Gasteiger partial charge in [0.1, 0.15) is 0 Å². The maximum Gasteiger partial charge on any atom is 0.234 e. The third-order valence-corrected chi connectivity index (χ3v) is 3.96. The largest absolute Gasteiger partial charge is 0.396 e. The monoisotopic (exact) mass is 256 g/mol. The smallest absolute Gasteiger partial charge is 0.234 e. The highest BCUT2D eigenvalue weighted by Gasteiger charge is 2.26. The van der Waals surface area contributed by atoms with Crippen molar-refractivity contribution in [2.75, 3.05) is 39.5 Å². The average Bonchev–Trinajstić information content (AvgIpc) is 2.40. The van der Waals surface area contributed by atoms with Crippen molar-refractivity contribution in [3.05, 3.63) is 0 Å². The Morgan fingerprint density at radius 1 is 1.28 bits per heavy atom. The number of amides is 1. The standard InChI is InChI=1S/C13H24N2O3/c16-10-11-3-1-2-4-12(11)14-13(17)9-15-5-7-18-8-6-15/h11-12,16H,1-10H2,(H,14,17). The average molecular weight is 256 g/mol. The molecule has 2 unspecified atom stereocenters. The molecule has 0 bridgehead atoms. The number of carbonyl (C=O) groups is 1. The Kier molecular flexibility index (Phi) is 5.41. The van der Waals surface area contributed by atoms with Gasteiger partial charge < -0.3 is 15.2 Å². The van der Waals surface area contributed by atoms with E-state index in [0.29, 0.717) is 6.54 Å². The minimum atomic E-state index is 0.0854. The van der Waals surface area contributed by atoms with Gasteiger partial charge in [0.05, 0.1) is 19.8 Å². The number of rotatable bonds is 4. The Bertz CT molecular complexity index is 267. The second-order valence-electron chi connectivity index (χ2n) is 5.29. The number of hydrogen-bond donors (Lipinski definition) is 2. The summed E-state index contributed by atoms with van der Waals surface area (Å²) in [4.78, 5) is 14.1. The van der Waals surface area contributed by atoms with Crippen molar-refractivity contribution in [2.24, 2.45) is 5.92 Å². The van der Waals surface area contributed by atoms with Crippen molar-refractivity contribution < 1.29 is 14.6 Å². The third-order valence-electron chi connectivity index (χ3n) is 3.96. The summed E-state index contributed by atoms with van der Waals surface area (Å²) in [6.45, 7) is 3.75. The van der Waals surface area contributed by atoms with Gasteiger partial charge in [-0.25, -0.2) is 0 Å². The van der Waals surface area contributed by atoms with Crippen molar-refractivity contribution >= 4 is 5.91 Å². The first-order valence-electron chi connectivity index (χ1n) is 7.00. The molecule has 0 spiro atoms. The fourth-order valence-corrected chi connectivity index (χ4v) is 2.83. The molecule has 0 aromatic carbocycles. The topological polar surface area (TPSA) is 61.8 Å². The molecule has 2 atom stereocenters. The number of ether oxygens (including phenoxy) is 1. The van der Waals surface area contributed by atoms with Gasteiger partial charge in [-0.3, -0.25) is 9.69 Å². The molecule has 1 amide bonds. The first-order valence-corrected chi connectivity index (χ1v) is 7.00. The van der Waals surface area contributed by atoms with E-state index < -0.39 is 0 Å². The molecule has 2 N–H and O–H groups in total. The number of carbonyl (C=O) groups excluding carboxylic acids is 1. The zero-order chi connectivity index (χ0) is 12.8. The van der Waals surface area contributed by atoms with E-state index >= 15 is 0 Å². The van der Waals surface area contributed by atoms with Gasteiger partial charge in [0.2, 0.25) is 5.91 Å². The van der Waals surface area contributed by atoms with Crippen LogP contribution in [0.1, 0.15) is 25.7 Å². The van der Waals surface area contributed by atoms with Gasteiger partial charge in [-0.1, -0.05) is 12.8 Å². The summed E-state index contributed by atoms with van der Waals surface area (Å²) in [7, 11) is 0. The minimum Gasteiger partial charge on any atom is -0.396 e. The summed E-state index contributed by atoms with van der Waals surface area (Å²) < 4.78 is 5.26. The molecule has 2 fully saturated rings. The van der Waals surface area contributed by atoms with Crippen LogP contribution in [0.2, 0.25) is 0 Å². The van der Waals surface area contributed by atoms with Gasteiger partial charge in [0, 0.05) is 31.7 Å². The highest BCUT2D eigenvalue weighted by atomic mass is 16.5. The van der Waals surface area contributed by atoms with Crippen LogP contribution in [-0.4, -0.2) is 61.4 Å². The van der Waals surface area contributed by atoms with E-state index in [2.05, 4.69) is 10.2 Å². The van der Waals surface area contributed by atoms with Crippen LogP contribution >= 0.6 is 0 Å². The second-order valence-corrected chi connectivity index (χ2v) is 5.29. The van der Waals surface area contributed by atoms with Gasteiger partial charge in [-0.05, 0) is 12.8 Å². The lowest BCUT2D eigenvalue weighted by atomic mass is 9.85. The Hall–Kier alpha value is -0.650. The van der Waals surface area contributed by atoms with Crippen LogP contribution < -0.4 is 5.32 Å². The quantitative estimate of drug-likeness (QED) is 0.742. The molecule has 5 nitrogen and oxygen atoms in total. The van der Waals surface area contributed by atoms with E-state index in [0.717, 1.165) is 45.6 Å². The lowest BCUT2D eigenvalue weighted by Gasteiger charge is -2.32. The molecule has 1 aliphatic heterocycles. The van der Waals surface area contributed by atoms with Crippen LogP contribution in [0, 0.1) is 5.92 Å². The molecule has 2 rings (SSSR count). The number of morpholine rings is 1. The summed E-state index contributed by atoms with van der Waals surface area (Å²) in [5, 5.41) is 12.4. The molecular formula is C13H24N2O3. The maximum atomic E-state index is 12.0. The van der Waals surface area contributed by atoms with E-state index in [-0.39, 0.29) is 24.5 Å². The molecule has 0 aromatic rings. The zero-order valence-corrected chi connectivity index (χ0v) is 10.9. The van der Waals surface area contributed by atoms with E-state index in [1.54, 1.807) is 0 Å². The fourth-order valence-electron chi connectivity index (χ4n) is 2.83. The van der Waals surface area contributed by atoms with Gasteiger partial charge >= 0.3 is 0 Å². The van der Waals surface area contributed by atoms with Gasteiger partial charge in [-0.15, -0.1) is 0 Å². The van der Waals surface area contributed by atoms with Crippen LogP contribution in [0.15, 0.2) is 0 Å². The van der Waals surface area contributed by atoms with Gasteiger partial charge in [0.25, 0.3) is 0 Å². The molecule has 18 heavy (non-hydrogen) atoms. The van der Waals surface area contributed by atoms with Crippen LogP contribution in [0.3, 0.4) is 0 Å². The third kappa shape index (κ3) is 3.93.